The summed E-state index contributed by atoms with van der Waals surface area (Å²) >= 11 is 6.34. The van der Waals surface area contributed by atoms with Crippen LogP contribution in [0.3, 0.4) is 0 Å². The molecule has 0 aliphatic carbocycles. The van der Waals surface area contributed by atoms with Gasteiger partial charge in [-0.25, -0.2) is 0 Å². The van der Waals surface area contributed by atoms with Crippen LogP contribution in [0.1, 0.15) is 52.3 Å². The molecular formula is C15H29ClN4. The topological polar surface area (TPSA) is 33.1 Å². The number of nitrogens with zero attached hydrogens (tertiary/aromatic N) is 3. The normalized spacial score (nSPS) is 13.1. The van der Waals surface area contributed by atoms with E-state index in [1.54, 1.807) is 6.20 Å². The molecular weight excluding hydrogens is 272 g/mol. The van der Waals surface area contributed by atoms with Crippen molar-refractivity contribution in [3.05, 3.63) is 16.9 Å². The molecule has 1 atom stereocenters. The minimum atomic E-state index is 0.283. The molecule has 1 heterocycles. The smallest absolute Gasteiger partial charge is 0.0834 e. The van der Waals surface area contributed by atoms with Crippen molar-refractivity contribution in [3.63, 3.8) is 0 Å². The van der Waals surface area contributed by atoms with Gasteiger partial charge < -0.3 is 10.2 Å². The maximum Gasteiger partial charge on any atom is 0.0834 e. The van der Waals surface area contributed by atoms with Gasteiger partial charge in [0.05, 0.1) is 23.0 Å². The maximum absolute atomic E-state index is 6.34. The molecule has 0 aliphatic rings. The van der Waals surface area contributed by atoms with Crippen molar-refractivity contribution in [3.8, 4) is 0 Å². The van der Waals surface area contributed by atoms with Gasteiger partial charge in [0, 0.05) is 6.54 Å². The summed E-state index contributed by atoms with van der Waals surface area (Å²) in [6.45, 7) is 13.9. The molecule has 0 radical (unpaired) electrons. The van der Waals surface area contributed by atoms with Crippen molar-refractivity contribution in [1.82, 2.24) is 20.0 Å². The Hall–Kier alpha value is -0.580. The highest BCUT2D eigenvalue weighted by atomic mass is 35.5. The molecule has 0 saturated heterocycles. The highest BCUT2D eigenvalue weighted by Gasteiger charge is 2.19. The molecule has 1 aromatic heterocycles. The van der Waals surface area contributed by atoms with Gasteiger partial charge in [-0.2, -0.15) is 5.10 Å². The summed E-state index contributed by atoms with van der Waals surface area (Å²) in [7, 11) is 0. The molecule has 1 unspecified atom stereocenters. The first-order valence-corrected chi connectivity index (χ1v) is 8.22. The first-order valence-electron chi connectivity index (χ1n) is 7.84. The Kier molecular flexibility index (Phi) is 8.19. The first kappa shape index (κ1) is 17.5. The van der Waals surface area contributed by atoms with Crippen LogP contribution in [0.15, 0.2) is 6.20 Å². The average molecular weight is 301 g/mol. The van der Waals surface area contributed by atoms with Crippen LogP contribution in [-0.4, -0.2) is 40.9 Å². The Balaban J connectivity index is 2.79. The fourth-order valence-corrected chi connectivity index (χ4v) is 2.75. The zero-order valence-corrected chi connectivity index (χ0v) is 14.1. The zero-order valence-electron chi connectivity index (χ0n) is 13.3. The van der Waals surface area contributed by atoms with E-state index in [0.29, 0.717) is 0 Å². The van der Waals surface area contributed by atoms with Crippen molar-refractivity contribution in [2.75, 3.05) is 26.2 Å². The van der Waals surface area contributed by atoms with E-state index in [9.17, 15) is 0 Å². The van der Waals surface area contributed by atoms with Crippen LogP contribution in [0.5, 0.6) is 0 Å². The van der Waals surface area contributed by atoms with Gasteiger partial charge in [-0.15, -0.1) is 0 Å². The number of rotatable bonds is 10. The van der Waals surface area contributed by atoms with Gasteiger partial charge in [0.1, 0.15) is 0 Å². The van der Waals surface area contributed by atoms with Crippen LogP contribution >= 0.6 is 11.6 Å². The minimum absolute atomic E-state index is 0.283. The van der Waals surface area contributed by atoms with E-state index in [0.717, 1.165) is 56.3 Å². The Labute approximate surface area is 128 Å². The Morgan fingerprint density at radius 1 is 1.30 bits per heavy atom. The second-order valence-corrected chi connectivity index (χ2v) is 5.42. The molecule has 1 rings (SSSR count). The van der Waals surface area contributed by atoms with Crippen LogP contribution in [0.25, 0.3) is 0 Å². The molecule has 0 bridgehead atoms. The quantitative estimate of drug-likeness (QED) is 0.719. The summed E-state index contributed by atoms with van der Waals surface area (Å²) in [5.74, 6) is 0. The number of hydrogen-bond donors (Lipinski definition) is 1. The summed E-state index contributed by atoms with van der Waals surface area (Å²) in [5.41, 5.74) is 1.13. The van der Waals surface area contributed by atoms with Crippen LogP contribution in [0, 0.1) is 0 Å². The lowest BCUT2D eigenvalue weighted by Crippen LogP contribution is -2.31. The van der Waals surface area contributed by atoms with E-state index < -0.39 is 0 Å². The second-order valence-electron chi connectivity index (χ2n) is 5.02. The number of halogens is 1. The van der Waals surface area contributed by atoms with Crippen molar-refractivity contribution in [1.29, 1.82) is 0 Å². The fourth-order valence-electron chi connectivity index (χ4n) is 2.48. The molecule has 4 nitrogen and oxygen atoms in total. The molecule has 0 fully saturated rings. The number of aromatic nitrogens is 2. The van der Waals surface area contributed by atoms with Gasteiger partial charge in [-0.1, -0.05) is 32.4 Å². The van der Waals surface area contributed by atoms with Crippen LogP contribution in [0.2, 0.25) is 5.02 Å². The van der Waals surface area contributed by atoms with Crippen LogP contribution in [0.4, 0.5) is 0 Å². The summed E-state index contributed by atoms with van der Waals surface area (Å²) in [4.78, 5) is 2.45. The third-order valence-electron chi connectivity index (χ3n) is 3.73. The third-order valence-corrected chi connectivity index (χ3v) is 4.02. The lowest BCUT2D eigenvalue weighted by Gasteiger charge is -2.24. The van der Waals surface area contributed by atoms with E-state index in [1.807, 2.05) is 4.68 Å². The van der Waals surface area contributed by atoms with Gasteiger partial charge in [-0.3, -0.25) is 4.68 Å². The summed E-state index contributed by atoms with van der Waals surface area (Å²) in [6.07, 6.45) is 3.95. The Morgan fingerprint density at radius 2 is 2.00 bits per heavy atom. The molecule has 0 aliphatic heterocycles. The van der Waals surface area contributed by atoms with E-state index in [-0.39, 0.29) is 6.04 Å². The molecule has 0 saturated carbocycles. The Bertz CT molecular complexity index is 374. The van der Waals surface area contributed by atoms with Crippen molar-refractivity contribution < 1.29 is 0 Å². The summed E-state index contributed by atoms with van der Waals surface area (Å²) in [6, 6.07) is 0.283. The monoisotopic (exact) mass is 300 g/mol. The van der Waals surface area contributed by atoms with Crippen molar-refractivity contribution in [2.45, 2.75) is 53.1 Å². The van der Waals surface area contributed by atoms with Gasteiger partial charge in [0.2, 0.25) is 0 Å². The molecule has 116 valence electrons. The highest BCUT2D eigenvalue weighted by molar-refractivity contribution is 6.31. The van der Waals surface area contributed by atoms with Crippen molar-refractivity contribution in [2.24, 2.45) is 0 Å². The second kappa shape index (κ2) is 9.37. The Morgan fingerprint density at radius 3 is 2.55 bits per heavy atom. The molecule has 5 heteroatoms. The fraction of sp³-hybridized carbons (Fsp3) is 0.800. The minimum Gasteiger partial charge on any atom is -0.309 e. The zero-order chi connectivity index (χ0) is 15.0. The predicted octanol–water partition coefficient (Wildman–Crippen LogP) is 3.33. The maximum atomic E-state index is 6.34. The molecule has 0 amide bonds. The van der Waals surface area contributed by atoms with Gasteiger partial charge >= 0.3 is 0 Å². The average Bonchev–Trinajstić information content (AvgIpc) is 2.84. The van der Waals surface area contributed by atoms with Crippen LogP contribution in [-0.2, 0) is 6.54 Å². The lowest BCUT2D eigenvalue weighted by molar-refractivity contribution is 0.278. The highest BCUT2D eigenvalue weighted by Crippen LogP contribution is 2.25. The molecule has 0 aromatic carbocycles. The molecule has 0 spiro atoms. The largest absolute Gasteiger partial charge is 0.309 e. The van der Waals surface area contributed by atoms with E-state index >= 15 is 0 Å². The SMILES string of the molecule is CCCNC(CCN(CC)CC)c1c(Cl)cnn1CC. The van der Waals surface area contributed by atoms with E-state index in [2.05, 4.69) is 43.0 Å². The standard InChI is InChI=1S/C15H29ClN4/c1-5-10-17-14(9-11-19(6-2)7-3)15-13(16)12-18-20(15)8-4/h12,14,17H,5-11H2,1-4H3. The number of hydrogen-bond acceptors (Lipinski definition) is 3. The van der Waals surface area contributed by atoms with Gasteiger partial charge in [-0.05, 0) is 45.9 Å². The summed E-state index contributed by atoms with van der Waals surface area (Å²) in [5, 5.41) is 8.76. The van der Waals surface area contributed by atoms with E-state index in [1.165, 1.54) is 0 Å². The lowest BCUT2D eigenvalue weighted by atomic mass is 10.1. The van der Waals surface area contributed by atoms with E-state index in [4.69, 9.17) is 11.6 Å². The molecule has 1 aromatic rings. The van der Waals surface area contributed by atoms with Crippen molar-refractivity contribution >= 4 is 11.6 Å². The summed E-state index contributed by atoms with van der Waals surface area (Å²) < 4.78 is 2.01. The predicted molar refractivity (Wildman–Crippen MR) is 86.4 cm³/mol. The molecule has 1 N–H and O–H groups in total. The number of nitrogens with one attached hydrogen (secondary N) is 1. The number of aryl methyl sites for hydroxylation is 1. The first-order chi connectivity index (χ1) is 9.67. The third kappa shape index (κ3) is 4.76. The molecule has 20 heavy (non-hydrogen) atoms. The van der Waals surface area contributed by atoms with Crippen LogP contribution < -0.4 is 5.32 Å². The van der Waals surface area contributed by atoms with Gasteiger partial charge in [0.15, 0.2) is 0 Å². The van der Waals surface area contributed by atoms with Gasteiger partial charge in [0.25, 0.3) is 0 Å².